The third-order valence-electron chi connectivity index (χ3n) is 5.47. The largest absolute Gasteiger partial charge is 0.330 e. The molecule has 0 aliphatic heterocycles. The second-order valence-corrected chi connectivity index (χ2v) is 7.80. The van der Waals surface area contributed by atoms with Crippen LogP contribution in [0.25, 0.3) is 11.3 Å². The highest BCUT2D eigenvalue weighted by Crippen LogP contribution is 2.24. The summed E-state index contributed by atoms with van der Waals surface area (Å²) in [7, 11) is 1.78. The maximum absolute atomic E-state index is 12.8. The smallest absolute Gasteiger partial charge is 0.256 e. The van der Waals surface area contributed by atoms with E-state index in [4.69, 9.17) is 5.73 Å². The number of aromatic nitrogens is 2. The van der Waals surface area contributed by atoms with Crippen molar-refractivity contribution in [2.24, 2.45) is 12.8 Å². The van der Waals surface area contributed by atoms with Gasteiger partial charge in [0.25, 0.3) is 11.8 Å². The molecule has 3 aromatic rings. The van der Waals surface area contributed by atoms with Gasteiger partial charge in [-0.15, -0.1) is 0 Å². The van der Waals surface area contributed by atoms with Crippen LogP contribution in [0.3, 0.4) is 0 Å². The second kappa shape index (κ2) is 11.8. The molecule has 0 radical (unpaired) electrons. The van der Waals surface area contributed by atoms with Crippen LogP contribution in [0.4, 0.5) is 11.5 Å². The van der Waals surface area contributed by atoms with E-state index in [9.17, 15) is 9.59 Å². The lowest BCUT2D eigenvalue weighted by Crippen LogP contribution is -2.16. The van der Waals surface area contributed by atoms with Crippen LogP contribution in [-0.2, 0) is 11.8 Å². The van der Waals surface area contributed by atoms with Crippen molar-refractivity contribution >= 4 is 23.3 Å². The van der Waals surface area contributed by atoms with E-state index in [0.29, 0.717) is 29.2 Å². The van der Waals surface area contributed by atoms with Crippen molar-refractivity contribution in [3.8, 4) is 11.3 Å². The highest BCUT2D eigenvalue weighted by molar-refractivity contribution is 6.07. The molecule has 7 heteroatoms. The number of nitrogens with zero attached hydrogens (tertiary/aromatic N) is 2. The number of rotatable bonds is 9. The Kier molecular flexibility index (Phi) is 8.54. The number of carbonyl (C=O) groups is 2. The van der Waals surface area contributed by atoms with Gasteiger partial charge in [0.05, 0.1) is 5.69 Å². The Labute approximate surface area is 200 Å². The summed E-state index contributed by atoms with van der Waals surface area (Å²) in [6.07, 6.45) is 5.39. The number of carbonyl (C=O) groups excluding carboxylic acids is 2. The van der Waals surface area contributed by atoms with Crippen LogP contribution in [0, 0.1) is 0 Å². The minimum absolute atomic E-state index is 0.149. The van der Waals surface area contributed by atoms with Gasteiger partial charge in [-0.05, 0) is 63.1 Å². The standard InChI is InChI=1S/C27H31N5O2/c1-4-19(12-9-17-28)23(5-2)27(34)29-22-15-13-20(14-16-22)24-18-25(32(3)31-24)30-26(33)21-10-7-6-8-11-21/h4-8,10-11,13-16,18H,9,12,17,28H2,1-3H3,(H,29,34)(H,30,33)/b19-4-,23-5+. The van der Waals surface area contributed by atoms with Crippen LogP contribution in [-0.4, -0.2) is 28.1 Å². The average molecular weight is 458 g/mol. The Bertz CT molecular complexity index is 1190. The van der Waals surface area contributed by atoms with Crippen LogP contribution in [0.15, 0.2) is 84.0 Å². The Morgan fingerprint density at radius 1 is 1.00 bits per heavy atom. The monoisotopic (exact) mass is 457 g/mol. The molecule has 0 atom stereocenters. The lowest BCUT2D eigenvalue weighted by Gasteiger charge is -2.12. The second-order valence-electron chi connectivity index (χ2n) is 7.80. The van der Waals surface area contributed by atoms with Gasteiger partial charge in [-0.3, -0.25) is 14.3 Å². The van der Waals surface area contributed by atoms with E-state index in [1.807, 2.05) is 74.5 Å². The van der Waals surface area contributed by atoms with E-state index in [0.717, 1.165) is 29.7 Å². The van der Waals surface area contributed by atoms with Crippen molar-refractivity contribution in [3.05, 3.63) is 89.5 Å². The maximum Gasteiger partial charge on any atom is 0.256 e. The normalized spacial score (nSPS) is 11.9. The van der Waals surface area contributed by atoms with Crippen molar-refractivity contribution < 1.29 is 9.59 Å². The van der Waals surface area contributed by atoms with Gasteiger partial charge in [0.2, 0.25) is 0 Å². The molecule has 0 bridgehead atoms. The number of benzene rings is 2. The quantitative estimate of drug-likeness (QED) is 0.314. The fourth-order valence-corrected chi connectivity index (χ4v) is 3.62. The predicted molar refractivity (Wildman–Crippen MR) is 137 cm³/mol. The third kappa shape index (κ3) is 6.08. The first-order valence-electron chi connectivity index (χ1n) is 11.3. The first kappa shape index (κ1) is 24.7. The molecule has 1 aromatic heterocycles. The zero-order chi connectivity index (χ0) is 24.5. The highest BCUT2D eigenvalue weighted by Gasteiger charge is 2.14. The molecular weight excluding hydrogens is 426 g/mol. The van der Waals surface area contributed by atoms with Gasteiger partial charge in [-0.25, -0.2) is 0 Å². The summed E-state index contributed by atoms with van der Waals surface area (Å²) in [5, 5.41) is 10.4. The molecule has 0 aliphatic rings. The van der Waals surface area contributed by atoms with Crippen LogP contribution in [0.1, 0.15) is 37.0 Å². The molecule has 0 fully saturated rings. The van der Waals surface area contributed by atoms with Crippen molar-refractivity contribution in [1.29, 1.82) is 0 Å². The number of amides is 2. The molecule has 176 valence electrons. The molecular formula is C27H31N5O2. The topological polar surface area (TPSA) is 102 Å². The lowest BCUT2D eigenvalue weighted by molar-refractivity contribution is -0.112. The summed E-state index contributed by atoms with van der Waals surface area (Å²) >= 11 is 0. The average Bonchev–Trinajstić information content (AvgIpc) is 3.22. The highest BCUT2D eigenvalue weighted by atomic mass is 16.2. The Morgan fingerprint density at radius 3 is 2.32 bits per heavy atom. The summed E-state index contributed by atoms with van der Waals surface area (Å²) in [6.45, 7) is 4.38. The molecule has 0 aliphatic carbocycles. The van der Waals surface area contributed by atoms with Crippen LogP contribution in [0.2, 0.25) is 0 Å². The van der Waals surface area contributed by atoms with Gasteiger partial charge >= 0.3 is 0 Å². The van der Waals surface area contributed by atoms with Crippen molar-refractivity contribution in [2.75, 3.05) is 17.2 Å². The summed E-state index contributed by atoms with van der Waals surface area (Å²) < 4.78 is 1.63. The molecule has 7 nitrogen and oxygen atoms in total. The number of anilines is 2. The van der Waals surface area contributed by atoms with Gasteiger partial charge in [0.1, 0.15) is 5.82 Å². The Balaban J connectivity index is 1.69. The van der Waals surface area contributed by atoms with E-state index in [-0.39, 0.29) is 11.8 Å². The first-order chi connectivity index (χ1) is 16.5. The number of hydrogen-bond donors (Lipinski definition) is 3. The minimum atomic E-state index is -0.194. The van der Waals surface area contributed by atoms with Gasteiger partial charge < -0.3 is 16.4 Å². The Hall–Kier alpha value is -3.97. The predicted octanol–water partition coefficient (Wildman–Crippen LogP) is 4.91. The maximum atomic E-state index is 12.8. The lowest BCUT2D eigenvalue weighted by atomic mass is 9.99. The fraction of sp³-hybridized carbons (Fsp3) is 0.222. The van der Waals surface area contributed by atoms with Gasteiger partial charge in [0, 0.05) is 35.5 Å². The number of allylic oxidation sites excluding steroid dienone is 2. The molecule has 34 heavy (non-hydrogen) atoms. The number of hydrogen-bond acceptors (Lipinski definition) is 4. The third-order valence-corrected chi connectivity index (χ3v) is 5.47. The molecule has 0 spiro atoms. The molecule has 0 unspecified atom stereocenters. The molecule has 4 N–H and O–H groups in total. The van der Waals surface area contributed by atoms with Crippen molar-refractivity contribution in [3.63, 3.8) is 0 Å². The zero-order valence-corrected chi connectivity index (χ0v) is 19.8. The molecule has 0 saturated heterocycles. The van der Waals surface area contributed by atoms with E-state index >= 15 is 0 Å². The van der Waals surface area contributed by atoms with Crippen molar-refractivity contribution in [1.82, 2.24) is 9.78 Å². The first-order valence-corrected chi connectivity index (χ1v) is 11.3. The molecule has 1 heterocycles. The van der Waals surface area contributed by atoms with Gasteiger partial charge in [0.15, 0.2) is 0 Å². The SMILES string of the molecule is C/C=C(CCCN)\C(=C/C)C(=O)Nc1ccc(-c2cc(NC(=O)c3ccccc3)n(C)n2)cc1. The summed E-state index contributed by atoms with van der Waals surface area (Å²) in [6, 6.07) is 18.3. The molecule has 3 rings (SSSR count). The van der Waals surface area contributed by atoms with Gasteiger partial charge in [-0.1, -0.05) is 42.5 Å². The number of aryl methyl sites for hydroxylation is 1. The van der Waals surface area contributed by atoms with Crippen LogP contribution < -0.4 is 16.4 Å². The summed E-state index contributed by atoms with van der Waals surface area (Å²) in [5.74, 6) is 0.249. The molecule has 2 aromatic carbocycles. The zero-order valence-electron chi connectivity index (χ0n) is 19.8. The number of nitrogens with one attached hydrogen (secondary N) is 2. The van der Waals surface area contributed by atoms with Crippen molar-refractivity contribution in [2.45, 2.75) is 26.7 Å². The summed E-state index contributed by atoms with van der Waals surface area (Å²) in [4.78, 5) is 25.3. The van der Waals surface area contributed by atoms with Crippen LogP contribution in [0.5, 0.6) is 0 Å². The number of nitrogens with two attached hydrogens (primary N) is 1. The van der Waals surface area contributed by atoms with E-state index in [1.54, 1.807) is 23.9 Å². The fourth-order valence-electron chi connectivity index (χ4n) is 3.62. The van der Waals surface area contributed by atoms with Gasteiger partial charge in [-0.2, -0.15) is 5.10 Å². The minimum Gasteiger partial charge on any atom is -0.330 e. The molecule has 2 amide bonds. The van der Waals surface area contributed by atoms with E-state index in [1.165, 1.54) is 0 Å². The Morgan fingerprint density at radius 2 is 1.71 bits per heavy atom. The summed E-state index contributed by atoms with van der Waals surface area (Å²) in [5.41, 5.74) is 10.1. The molecule has 0 saturated carbocycles. The van der Waals surface area contributed by atoms with E-state index in [2.05, 4.69) is 15.7 Å². The van der Waals surface area contributed by atoms with Crippen LogP contribution >= 0.6 is 0 Å². The van der Waals surface area contributed by atoms with E-state index < -0.39 is 0 Å².